The molecule has 0 bridgehead atoms. The highest BCUT2D eigenvalue weighted by molar-refractivity contribution is 5.84. The van der Waals surface area contributed by atoms with Gasteiger partial charge in [0.05, 0.1) is 0 Å². The summed E-state index contributed by atoms with van der Waals surface area (Å²) in [6, 6.07) is 14.5. The summed E-state index contributed by atoms with van der Waals surface area (Å²) in [5.41, 5.74) is 2.44. The van der Waals surface area contributed by atoms with E-state index in [1.807, 2.05) is 30.7 Å². The number of fused-ring (bicyclic) bond motifs is 1. The molecule has 2 aromatic heterocycles. The third-order valence-electron chi connectivity index (χ3n) is 3.37. The fraction of sp³-hybridized carbons (Fsp3) is 0.176. The fourth-order valence-corrected chi connectivity index (χ4v) is 2.33. The van der Waals surface area contributed by atoms with Gasteiger partial charge in [0.15, 0.2) is 0 Å². The second-order valence-corrected chi connectivity index (χ2v) is 4.76. The van der Waals surface area contributed by atoms with Crippen LogP contribution in [-0.4, -0.2) is 16.5 Å². The van der Waals surface area contributed by atoms with Crippen LogP contribution in [0.5, 0.6) is 0 Å². The molecule has 0 radical (unpaired) electrons. The van der Waals surface area contributed by atoms with Crippen LogP contribution in [0.1, 0.15) is 11.3 Å². The van der Waals surface area contributed by atoms with Gasteiger partial charge in [-0.3, -0.25) is 9.97 Å². The standard InChI is InChI=1S/C17H17N3/c1-2-9-20-16(6-1)7-10-18-12-14-4-3-5-15-13-19-11-8-17(14)15/h1-6,8-9,11,13,18H,7,10,12H2. The van der Waals surface area contributed by atoms with Gasteiger partial charge in [-0.05, 0) is 29.1 Å². The maximum Gasteiger partial charge on any atom is 0.0416 e. The molecule has 0 spiro atoms. The minimum Gasteiger partial charge on any atom is -0.312 e. The summed E-state index contributed by atoms with van der Waals surface area (Å²) in [5.74, 6) is 0. The van der Waals surface area contributed by atoms with E-state index in [0.717, 1.165) is 25.2 Å². The SMILES string of the molecule is c1ccc(CCNCc2cccc3cnccc23)nc1. The minimum atomic E-state index is 0.869. The van der Waals surface area contributed by atoms with Gasteiger partial charge in [0.1, 0.15) is 0 Å². The van der Waals surface area contributed by atoms with Gasteiger partial charge in [0.25, 0.3) is 0 Å². The van der Waals surface area contributed by atoms with Gasteiger partial charge in [-0.1, -0.05) is 24.3 Å². The van der Waals surface area contributed by atoms with Crippen molar-refractivity contribution < 1.29 is 0 Å². The van der Waals surface area contributed by atoms with Gasteiger partial charge < -0.3 is 5.32 Å². The van der Waals surface area contributed by atoms with Crippen LogP contribution in [0.2, 0.25) is 0 Å². The van der Waals surface area contributed by atoms with E-state index in [0.29, 0.717) is 0 Å². The van der Waals surface area contributed by atoms with Crippen LogP contribution in [0.25, 0.3) is 10.8 Å². The molecule has 0 aliphatic carbocycles. The Morgan fingerprint density at radius 2 is 1.95 bits per heavy atom. The van der Waals surface area contributed by atoms with Crippen molar-refractivity contribution in [3.8, 4) is 0 Å². The largest absolute Gasteiger partial charge is 0.312 e. The topological polar surface area (TPSA) is 37.8 Å². The van der Waals surface area contributed by atoms with E-state index in [1.165, 1.54) is 16.3 Å². The van der Waals surface area contributed by atoms with E-state index in [4.69, 9.17) is 0 Å². The van der Waals surface area contributed by atoms with Crippen molar-refractivity contribution in [3.63, 3.8) is 0 Å². The zero-order valence-corrected chi connectivity index (χ0v) is 11.3. The molecule has 0 aliphatic heterocycles. The fourth-order valence-electron chi connectivity index (χ4n) is 2.33. The molecule has 20 heavy (non-hydrogen) atoms. The van der Waals surface area contributed by atoms with E-state index in [9.17, 15) is 0 Å². The molecule has 3 aromatic rings. The number of nitrogens with zero attached hydrogens (tertiary/aromatic N) is 2. The Balaban J connectivity index is 1.60. The molecule has 0 unspecified atom stereocenters. The second kappa shape index (κ2) is 6.26. The summed E-state index contributed by atoms with van der Waals surface area (Å²) < 4.78 is 0. The molecule has 0 atom stereocenters. The molecule has 3 nitrogen and oxygen atoms in total. The molecule has 0 saturated carbocycles. The van der Waals surface area contributed by atoms with E-state index in [1.54, 1.807) is 0 Å². The van der Waals surface area contributed by atoms with Gasteiger partial charge in [-0.15, -0.1) is 0 Å². The minimum absolute atomic E-state index is 0.869. The summed E-state index contributed by atoms with van der Waals surface area (Å²) in [6.45, 7) is 1.80. The average Bonchev–Trinajstić information content (AvgIpc) is 2.53. The van der Waals surface area contributed by atoms with E-state index in [-0.39, 0.29) is 0 Å². The first kappa shape index (κ1) is 12.8. The van der Waals surface area contributed by atoms with E-state index >= 15 is 0 Å². The summed E-state index contributed by atoms with van der Waals surface area (Å²) in [6.07, 6.45) is 6.55. The van der Waals surface area contributed by atoms with Crippen LogP contribution in [-0.2, 0) is 13.0 Å². The Kier molecular flexibility index (Phi) is 3.99. The summed E-state index contributed by atoms with van der Waals surface area (Å²) >= 11 is 0. The highest BCUT2D eigenvalue weighted by Gasteiger charge is 2.00. The molecule has 3 heteroatoms. The summed E-state index contributed by atoms with van der Waals surface area (Å²) in [4.78, 5) is 8.49. The lowest BCUT2D eigenvalue weighted by atomic mass is 10.1. The van der Waals surface area contributed by atoms with Crippen molar-refractivity contribution in [2.45, 2.75) is 13.0 Å². The molecular formula is C17H17N3. The highest BCUT2D eigenvalue weighted by Crippen LogP contribution is 2.16. The molecular weight excluding hydrogens is 246 g/mol. The normalized spacial score (nSPS) is 10.8. The highest BCUT2D eigenvalue weighted by atomic mass is 14.9. The molecule has 1 N–H and O–H groups in total. The molecule has 2 heterocycles. The number of benzene rings is 1. The predicted octanol–water partition coefficient (Wildman–Crippen LogP) is 2.96. The monoisotopic (exact) mass is 263 g/mol. The van der Waals surface area contributed by atoms with Gasteiger partial charge in [-0.2, -0.15) is 0 Å². The molecule has 0 aliphatic rings. The molecule has 0 amide bonds. The lowest BCUT2D eigenvalue weighted by molar-refractivity contribution is 0.682. The van der Waals surface area contributed by atoms with Gasteiger partial charge in [0, 0.05) is 49.2 Å². The molecule has 100 valence electrons. The number of pyridine rings is 2. The Labute approximate surface area is 118 Å². The third kappa shape index (κ3) is 3.00. The third-order valence-corrected chi connectivity index (χ3v) is 3.37. The number of hydrogen-bond acceptors (Lipinski definition) is 3. The first-order valence-corrected chi connectivity index (χ1v) is 6.86. The lowest BCUT2D eigenvalue weighted by Gasteiger charge is -2.08. The van der Waals surface area contributed by atoms with Crippen LogP contribution in [0.3, 0.4) is 0 Å². The van der Waals surface area contributed by atoms with Crippen molar-refractivity contribution in [3.05, 3.63) is 72.3 Å². The summed E-state index contributed by atoms with van der Waals surface area (Å²) in [7, 11) is 0. The van der Waals surface area contributed by atoms with Crippen molar-refractivity contribution in [2.24, 2.45) is 0 Å². The van der Waals surface area contributed by atoms with Crippen molar-refractivity contribution in [2.75, 3.05) is 6.54 Å². The van der Waals surface area contributed by atoms with E-state index in [2.05, 4.69) is 45.6 Å². The molecule has 3 rings (SSSR count). The Morgan fingerprint density at radius 1 is 0.950 bits per heavy atom. The predicted molar refractivity (Wildman–Crippen MR) is 81.4 cm³/mol. The van der Waals surface area contributed by atoms with Crippen molar-refractivity contribution in [1.29, 1.82) is 0 Å². The van der Waals surface area contributed by atoms with Gasteiger partial charge in [0.2, 0.25) is 0 Å². The zero-order valence-electron chi connectivity index (χ0n) is 11.3. The number of hydrogen-bond donors (Lipinski definition) is 1. The average molecular weight is 263 g/mol. The smallest absolute Gasteiger partial charge is 0.0416 e. The number of aromatic nitrogens is 2. The number of rotatable bonds is 5. The number of nitrogens with one attached hydrogen (secondary N) is 1. The maximum absolute atomic E-state index is 4.32. The second-order valence-electron chi connectivity index (χ2n) is 4.76. The maximum atomic E-state index is 4.32. The Bertz CT molecular complexity index is 675. The van der Waals surface area contributed by atoms with Crippen LogP contribution < -0.4 is 5.32 Å². The van der Waals surface area contributed by atoms with Crippen LogP contribution in [0.15, 0.2) is 61.1 Å². The first-order chi connectivity index (χ1) is 9.93. The van der Waals surface area contributed by atoms with Gasteiger partial charge in [-0.25, -0.2) is 0 Å². The zero-order chi connectivity index (χ0) is 13.6. The van der Waals surface area contributed by atoms with Crippen molar-refractivity contribution >= 4 is 10.8 Å². The quantitative estimate of drug-likeness (QED) is 0.719. The Morgan fingerprint density at radius 3 is 2.85 bits per heavy atom. The first-order valence-electron chi connectivity index (χ1n) is 6.86. The lowest BCUT2D eigenvalue weighted by Crippen LogP contribution is -2.17. The Hall–Kier alpha value is -2.26. The van der Waals surface area contributed by atoms with Crippen molar-refractivity contribution in [1.82, 2.24) is 15.3 Å². The van der Waals surface area contributed by atoms with E-state index < -0.39 is 0 Å². The van der Waals surface area contributed by atoms with Crippen LogP contribution in [0, 0.1) is 0 Å². The summed E-state index contributed by atoms with van der Waals surface area (Å²) in [5, 5.41) is 5.94. The van der Waals surface area contributed by atoms with Crippen LogP contribution in [0.4, 0.5) is 0 Å². The van der Waals surface area contributed by atoms with Crippen LogP contribution >= 0.6 is 0 Å². The molecule has 0 saturated heterocycles. The van der Waals surface area contributed by atoms with Gasteiger partial charge >= 0.3 is 0 Å². The molecule has 1 aromatic carbocycles. The molecule has 0 fully saturated rings.